The molecule has 0 radical (unpaired) electrons. The van der Waals surface area contributed by atoms with E-state index in [1.165, 1.54) is 0 Å². The van der Waals surface area contributed by atoms with Crippen molar-refractivity contribution >= 4 is 29.1 Å². The van der Waals surface area contributed by atoms with Crippen molar-refractivity contribution in [2.45, 2.75) is 39.7 Å². The van der Waals surface area contributed by atoms with Gasteiger partial charge in [-0.15, -0.1) is 0 Å². The summed E-state index contributed by atoms with van der Waals surface area (Å²) < 4.78 is 0. The van der Waals surface area contributed by atoms with Gasteiger partial charge in [-0.2, -0.15) is 5.10 Å². The Morgan fingerprint density at radius 1 is 1.19 bits per heavy atom. The van der Waals surface area contributed by atoms with E-state index >= 15 is 0 Å². The van der Waals surface area contributed by atoms with E-state index in [9.17, 15) is 9.59 Å². The third kappa shape index (κ3) is 7.46. The molecule has 0 bridgehead atoms. The van der Waals surface area contributed by atoms with Crippen molar-refractivity contribution in [1.82, 2.24) is 10.7 Å². The van der Waals surface area contributed by atoms with Gasteiger partial charge in [0.15, 0.2) is 0 Å². The topological polar surface area (TPSA) is 70.6 Å². The molecule has 6 heteroatoms. The van der Waals surface area contributed by atoms with Gasteiger partial charge in [-0.1, -0.05) is 23.7 Å². The molecule has 0 unspecified atom stereocenters. The molecule has 0 spiro atoms. The highest BCUT2D eigenvalue weighted by atomic mass is 35.5. The number of nitrogens with zero attached hydrogens (tertiary/aromatic N) is 1. The molecular formula is C15H20ClN3O2. The number of amides is 2. The maximum Gasteiger partial charge on any atom is 0.244 e. The van der Waals surface area contributed by atoms with Crippen molar-refractivity contribution in [3.63, 3.8) is 0 Å². The second kappa shape index (κ2) is 8.42. The van der Waals surface area contributed by atoms with E-state index in [-0.39, 0.29) is 30.7 Å². The Kier molecular flexibility index (Phi) is 6.88. The molecule has 0 aliphatic rings. The van der Waals surface area contributed by atoms with Gasteiger partial charge in [0.05, 0.1) is 12.8 Å². The van der Waals surface area contributed by atoms with Crippen LogP contribution in [0.4, 0.5) is 0 Å². The van der Waals surface area contributed by atoms with Crippen LogP contribution in [-0.4, -0.2) is 23.6 Å². The van der Waals surface area contributed by atoms with Gasteiger partial charge < -0.3 is 5.32 Å². The fraction of sp³-hybridized carbons (Fsp3) is 0.400. The van der Waals surface area contributed by atoms with Gasteiger partial charge in [-0.3, -0.25) is 9.59 Å². The maximum absolute atomic E-state index is 11.7. The fourth-order valence-corrected chi connectivity index (χ4v) is 1.76. The Labute approximate surface area is 129 Å². The highest BCUT2D eigenvalue weighted by molar-refractivity contribution is 6.30. The Morgan fingerprint density at radius 3 is 2.38 bits per heavy atom. The molecule has 0 atom stereocenters. The molecular weight excluding hydrogens is 290 g/mol. The van der Waals surface area contributed by atoms with E-state index in [1.807, 2.05) is 13.8 Å². The first-order valence-corrected chi connectivity index (χ1v) is 7.10. The molecule has 0 aliphatic heterocycles. The number of rotatable bonds is 6. The average molecular weight is 310 g/mol. The molecule has 0 heterocycles. The van der Waals surface area contributed by atoms with Crippen molar-refractivity contribution in [2.24, 2.45) is 5.10 Å². The van der Waals surface area contributed by atoms with Crippen LogP contribution in [0.15, 0.2) is 29.4 Å². The summed E-state index contributed by atoms with van der Waals surface area (Å²) in [6.07, 6.45) is 0.381. The number of carbonyl (C=O) groups excluding carboxylic acids is 2. The van der Waals surface area contributed by atoms with E-state index in [2.05, 4.69) is 15.8 Å². The molecule has 1 aromatic carbocycles. The molecule has 2 amide bonds. The number of benzene rings is 1. The van der Waals surface area contributed by atoms with Gasteiger partial charge in [0, 0.05) is 16.8 Å². The van der Waals surface area contributed by atoms with Gasteiger partial charge in [0.2, 0.25) is 11.8 Å². The summed E-state index contributed by atoms with van der Waals surface area (Å²) >= 11 is 5.78. The van der Waals surface area contributed by atoms with Crippen molar-refractivity contribution < 1.29 is 9.59 Å². The summed E-state index contributed by atoms with van der Waals surface area (Å²) in [4.78, 5) is 23.2. The van der Waals surface area contributed by atoms with Crippen LogP contribution in [-0.2, 0) is 16.0 Å². The van der Waals surface area contributed by atoms with E-state index in [1.54, 1.807) is 31.2 Å². The lowest BCUT2D eigenvalue weighted by Gasteiger charge is -2.08. The number of hydrogen-bond donors (Lipinski definition) is 2. The highest BCUT2D eigenvalue weighted by Crippen LogP contribution is 2.09. The first-order valence-electron chi connectivity index (χ1n) is 6.72. The molecule has 1 rings (SSSR count). The van der Waals surface area contributed by atoms with Gasteiger partial charge in [0.1, 0.15) is 0 Å². The SMILES string of the molecule is C/C(CC(=O)NC(C)C)=N\NC(=O)Cc1ccc(Cl)cc1. The molecule has 0 aliphatic carbocycles. The van der Waals surface area contributed by atoms with Gasteiger partial charge in [-0.25, -0.2) is 5.43 Å². The largest absolute Gasteiger partial charge is 0.354 e. The van der Waals surface area contributed by atoms with Crippen LogP contribution in [0.3, 0.4) is 0 Å². The van der Waals surface area contributed by atoms with Crippen LogP contribution in [0, 0.1) is 0 Å². The van der Waals surface area contributed by atoms with Gasteiger partial charge in [0.25, 0.3) is 0 Å². The molecule has 114 valence electrons. The predicted molar refractivity (Wildman–Crippen MR) is 84.3 cm³/mol. The molecule has 21 heavy (non-hydrogen) atoms. The summed E-state index contributed by atoms with van der Waals surface area (Å²) in [5.41, 5.74) is 3.84. The van der Waals surface area contributed by atoms with Gasteiger partial charge >= 0.3 is 0 Å². The lowest BCUT2D eigenvalue weighted by Crippen LogP contribution is -2.31. The van der Waals surface area contributed by atoms with Crippen molar-refractivity contribution in [1.29, 1.82) is 0 Å². The molecule has 0 fully saturated rings. The third-order valence-corrected chi connectivity index (χ3v) is 2.77. The van der Waals surface area contributed by atoms with Crippen LogP contribution < -0.4 is 10.7 Å². The van der Waals surface area contributed by atoms with Crippen LogP contribution in [0.5, 0.6) is 0 Å². The highest BCUT2D eigenvalue weighted by Gasteiger charge is 2.06. The van der Waals surface area contributed by atoms with Crippen molar-refractivity contribution in [2.75, 3.05) is 0 Å². The van der Waals surface area contributed by atoms with Crippen LogP contribution in [0.25, 0.3) is 0 Å². The second-order valence-electron chi connectivity index (χ2n) is 5.08. The molecule has 0 saturated heterocycles. The number of hydrogen-bond acceptors (Lipinski definition) is 3. The quantitative estimate of drug-likeness (QED) is 0.625. The Morgan fingerprint density at radius 2 is 1.81 bits per heavy atom. The summed E-state index contributed by atoms with van der Waals surface area (Å²) in [7, 11) is 0. The molecule has 5 nitrogen and oxygen atoms in total. The van der Waals surface area contributed by atoms with E-state index in [4.69, 9.17) is 11.6 Å². The Hall–Kier alpha value is -1.88. The minimum Gasteiger partial charge on any atom is -0.354 e. The van der Waals surface area contributed by atoms with Crippen molar-refractivity contribution in [3.8, 4) is 0 Å². The van der Waals surface area contributed by atoms with E-state index in [0.717, 1.165) is 5.56 Å². The minimum absolute atomic E-state index is 0.0878. The van der Waals surface area contributed by atoms with Crippen LogP contribution in [0.1, 0.15) is 32.8 Å². The standard InChI is InChI=1S/C15H20ClN3O2/c1-10(2)17-14(20)8-11(3)18-19-15(21)9-12-4-6-13(16)7-5-12/h4-7,10H,8-9H2,1-3H3,(H,17,20)(H,19,21)/b18-11+. The number of hydrazone groups is 1. The molecule has 1 aromatic rings. The number of carbonyl (C=O) groups is 2. The smallest absolute Gasteiger partial charge is 0.244 e. The summed E-state index contributed by atoms with van der Waals surface area (Å²) in [6.45, 7) is 5.47. The van der Waals surface area contributed by atoms with Crippen molar-refractivity contribution in [3.05, 3.63) is 34.9 Å². The summed E-state index contributed by atoms with van der Waals surface area (Å²) in [5.74, 6) is -0.348. The summed E-state index contributed by atoms with van der Waals surface area (Å²) in [6, 6.07) is 7.12. The van der Waals surface area contributed by atoms with E-state index < -0.39 is 0 Å². The fourth-order valence-electron chi connectivity index (χ4n) is 1.63. The minimum atomic E-state index is -0.235. The van der Waals surface area contributed by atoms with Gasteiger partial charge in [-0.05, 0) is 38.5 Å². The molecule has 2 N–H and O–H groups in total. The van der Waals surface area contributed by atoms with Crippen LogP contribution in [0.2, 0.25) is 5.02 Å². The number of nitrogens with one attached hydrogen (secondary N) is 2. The average Bonchev–Trinajstić information content (AvgIpc) is 2.38. The first kappa shape index (κ1) is 17.2. The normalized spacial score (nSPS) is 11.4. The van der Waals surface area contributed by atoms with Crippen LogP contribution >= 0.6 is 11.6 Å². The zero-order chi connectivity index (χ0) is 15.8. The Bertz CT molecular complexity index is 524. The number of halogens is 1. The molecule has 0 saturated carbocycles. The first-order chi connectivity index (χ1) is 9.86. The maximum atomic E-state index is 11.7. The summed E-state index contributed by atoms with van der Waals surface area (Å²) in [5, 5.41) is 7.31. The zero-order valence-corrected chi connectivity index (χ0v) is 13.2. The third-order valence-electron chi connectivity index (χ3n) is 2.52. The monoisotopic (exact) mass is 309 g/mol. The lowest BCUT2D eigenvalue weighted by molar-refractivity contribution is -0.121. The zero-order valence-electron chi connectivity index (χ0n) is 12.4. The van der Waals surface area contributed by atoms with E-state index in [0.29, 0.717) is 10.7 Å². The Balaban J connectivity index is 2.42. The lowest BCUT2D eigenvalue weighted by atomic mass is 10.1. The predicted octanol–water partition coefficient (Wildman–Crippen LogP) is 2.29. The second-order valence-corrected chi connectivity index (χ2v) is 5.52. The molecule has 0 aromatic heterocycles.